The molecule has 0 radical (unpaired) electrons. The maximum atomic E-state index is 13.5. The first-order valence-electron chi connectivity index (χ1n) is 8.31. The molecule has 2 aromatic carbocycles. The molecule has 0 saturated heterocycles. The number of anilines is 1. The lowest BCUT2D eigenvalue weighted by Crippen LogP contribution is -2.15. The van der Waals surface area contributed by atoms with Gasteiger partial charge in [0.2, 0.25) is 0 Å². The lowest BCUT2D eigenvalue weighted by Gasteiger charge is -2.28. The van der Waals surface area contributed by atoms with Crippen LogP contribution in [0.25, 0.3) is 0 Å². The highest BCUT2D eigenvalue weighted by atomic mass is 79.9. The third-order valence-corrected chi connectivity index (χ3v) is 7.19. The van der Waals surface area contributed by atoms with E-state index in [0.29, 0.717) is 20.4 Å². The summed E-state index contributed by atoms with van der Waals surface area (Å²) in [5.74, 6) is 0.0290. The molecule has 0 fully saturated rings. The van der Waals surface area contributed by atoms with Crippen LogP contribution in [0.3, 0.4) is 0 Å². The summed E-state index contributed by atoms with van der Waals surface area (Å²) in [6, 6.07) is 10.6. The summed E-state index contributed by atoms with van der Waals surface area (Å²) in [5.41, 5.74) is 1.35. The molecule has 1 atom stereocenters. The summed E-state index contributed by atoms with van der Waals surface area (Å²) in [5, 5.41) is 13.2. The molecule has 0 heterocycles. The highest BCUT2D eigenvalue weighted by Crippen LogP contribution is 2.61. The zero-order valence-corrected chi connectivity index (χ0v) is 19.3. The number of halogens is 2. The van der Waals surface area contributed by atoms with Crippen molar-refractivity contribution in [3.8, 4) is 11.5 Å². The molecular weight excluding hydrogens is 501 g/mol. The Morgan fingerprint density at radius 3 is 2.04 bits per heavy atom. The third-order valence-electron chi connectivity index (χ3n) is 3.69. The second-order valence-electron chi connectivity index (χ2n) is 5.48. The first kappa shape index (κ1) is 22.2. The molecule has 1 unspecified atom stereocenters. The number of phenolic OH excluding ortho intramolecular Hbond substituents is 1. The number of aromatic hydroxyl groups is 1. The predicted octanol–water partition coefficient (Wildman–Crippen LogP) is 6.30. The molecule has 0 aromatic heterocycles. The Kier molecular flexibility index (Phi) is 8.19. The zero-order valence-electron chi connectivity index (χ0n) is 15.2. The fourth-order valence-corrected chi connectivity index (χ4v) is 5.61. The minimum atomic E-state index is -3.53. The van der Waals surface area contributed by atoms with Gasteiger partial charge in [-0.3, -0.25) is 4.57 Å². The van der Waals surface area contributed by atoms with Crippen molar-refractivity contribution in [3.63, 3.8) is 0 Å². The summed E-state index contributed by atoms with van der Waals surface area (Å²) >= 11 is 6.61. The molecule has 0 bridgehead atoms. The average Bonchev–Trinajstić information content (AvgIpc) is 2.64. The van der Waals surface area contributed by atoms with E-state index in [-0.39, 0.29) is 19.0 Å². The van der Waals surface area contributed by atoms with Gasteiger partial charge in [0.25, 0.3) is 0 Å². The quantitative estimate of drug-likeness (QED) is 0.297. The van der Waals surface area contributed by atoms with E-state index in [1.165, 1.54) is 0 Å². The van der Waals surface area contributed by atoms with Gasteiger partial charge < -0.3 is 24.2 Å². The first-order chi connectivity index (χ1) is 12.8. The Balaban J connectivity index is 2.49. The van der Waals surface area contributed by atoms with Crippen molar-refractivity contribution in [2.75, 3.05) is 25.6 Å². The minimum absolute atomic E-state index is 0.0827. The monoisotopic (exact) mass is 521 g/mol. The highest BCUT2D eigenvalue weighted by molar-refractivity contribution is 9.11. The van der Waals surface area contributed by atoms with Gasteiger partial charge in [0, 0.05) is 5.69 Å². The Morgan fingerprint density at radius 1 is 1.07 bits per heavy atom. The standard InChI is InChI=1S/C18H22Br2NO5P/c1-4-25-27(23,26-5-2)18(12-6-8-14(24-3)9-7-12)21-13-10-15(19)17(22)16(20)11-13/h6-11,18,21-22H,4-5H2,1-3H3. The van der Waals surface area contributed by atoms with E-state index in [0.717, 1.165) is 5.56 Å². The van der Waals surface area contributed by atoms with Gasteiger partial charge in [-0.2, -0.15) is 0 Å². The van der Waals surface area contributed by atoms with Crippen molar-refractivity contribution in [1.29, 1.82) is 0 Å². The Bertz CT molecular complexity index is 783. The van der Waals surface area contributed by atoms with Crippen LogP contribution in [0.5, 0.6) is 11.5 Å². The number of rotatable bonds is 9. The van der Waals surface area contributed by atoms with Crippen LogP contribution >= 0.6 is 39.5 Å². The Morgan fingerprint density at radius 2 is 1.59 bits per heavy atom. The molecule has 9 heteroatoms. The maximum Gasteiger partial charge on any atom is 0.357 e. The van der Waals surface area contributed by atoms with E-state index in [1.807, 2.05) is 12.1 Å². The van der Waals surface area contributed by atoms with Gasteiger partial charge in [0.05, 0.1) is 29.3 Å². The normalized spacial score (nSPS) is 12.6. The van der Waals surface area contributed by atoms with Gasteiger partial charge in [-0.15, -0.1) is 0 Å². The molecule has 0 amide bonds. The largest absolute Gasteiger partial charge is 0.506 e. The van der Waals surface area contributed by atoms with E-state index in [2.05, 4.69) is 37.2 Å². The zero-order chi connectivity index (χ0) is 20.0. The predicted molar refractivity (Wildman–Crippen MR) is 114 cm³/mol. The third kappa shape index (κ3) is 5.48. The van der Waals surface area contributed by atoms with E-state index >= 15 is 0 Å². The molecule has 2 rings (SSSR count). The van der Waals surface area contributed by atoms with Crippen LogP contribution in [0.1, 0.15) is 25.2 Å². The van der Waals surface area contributed by atoms with Crippen LogP contribution in [0, 0.1) is 0 Å². The van der Waals surface area contributed by atoms with Crippen molar-refractivity contribution >= 4 is 45.1 Å². The van der Waals surface area contributed by atoms with Crippen molar-refractivity contribution in [2.45, 2.75) is 19.6 Å². The number of ether oxygens (including phenoxy) is 1. The number of methoxy groups -OCH3 is 1. The molecule has 148 valence electrons. The number of hydrogen-bond donors (Lipinski definition) is 2. The minimum Gasteiger partial charge on any atom is -0.506 e. The number of hydrogen-bond acceptors (Lipinski definition) is 6. The van der Waals surface area contributed by atoms with Crippen molar-refractivity contribution < 1.29 is 23.5 Å². The van der Waals surface area contributed by atoms with Crippen LogP contribution in [0.15, 0.2) is 45.3 Å². The summed E-state index contributed by atoms with van der Waals surface area (Å²) < 4.78 is 30.8. The van der Waals surface area contributed by atoms with Gasteiger partial charge in [0.15, 0.2) is 5.78 Å². The summed E-state index contributed by atoms with van der Waals surface area (Å²) in [7, 11) is -1.94. The second-order valence-corrected chi connectivity index (χ2v) is 9.31. The van der Waals surface area contributed by atoms with E-state index in [4.69, 9.17) is 13.8 Å². The van der Waals surface area contributed by atoms with Crippen LogP contribution < -0.4 is 10.1 Å². The van der Waals surface area contributed by atoms with Crippen LogP contribution in [0.2, 0.25) is 0 Å². The summed E-state index contributed by atoms with van der Waals surface area (Å²) in [4.78, 5) is 0. The van der Waals surface area contributed by atoms with Crippen LogP contribution in [-0.2, 0) is 13.6 Å². The summed E-state index contributed by atoms with van der Waals surface area (Å²) in [6.45, 7) is 4.03. The number of benzene rings is 2. The SMILES string of the molecule is CCOP(=O)(OCC)C(Nc1cc(Br)c(O)c(Br)c1)c1ccc(OC)cc1. The van der Waals surface area contributed by atoms with Gasteiger partial charge in [-0.05, 0) is 75.5 Å². The topological polar surface area (TPSA) is 77.0 Å². The number of nitrogens with one attached hydrogen (secondary N) is 1. The Labute approximate surface area is 176 Å². The highest BCUT2D eigenvalue weighted by Gasteiger charge is 2.37. The molecule has 6 nitrogen and oxygen atoms in total. The maximum absolute atomic E-state index is 13.5. The van der Waals surface area contributed by atoms with E-state index in [9.17, 15) is 9.67 Å². The molecule has 0 aliphatic heterocycles. The molecule has 2 aromatic rings. The van der Waals surface area contributed by atoms with Crippen molar-refractivity contribution in [2.24, 2.45) is 0 Å². The van der Waals surface area contributed by atoms with Crippen molar-refractivity contribution in [3.05, 3.63) is 50.9 Å². The number of phenols is 1. The lowest BCUT2D eigenvalue weighted by atomic mass is 10.2. The van der Waals surface area contributed by atoms with E-state index in [1.54, 1.807) is 45.2 Å². The fourth-order valence-electron chi connectivity index (χ4n) is 2.48. The second kappa shape index (κ2) is 9.94. The smallest absolute Gasteiger partial charge is 0.357 e. The molecule has 0 aliphatic rings. The molecule has 0 spiro atoms. The van der Waals surface area contributed by atoms with E-state index < -0.39 is 13.4 Å². The average molecular weight is 523 g/mol. The van der Waals surface area contributed by atoms with Crippen LogP contribution in [0.4, 0.5) is 5.69 Å². The van der Waals surface area contributed by atoms with Crippen LogP contribution in [-0.4, -0.2) is 25.4 Å². The van der Waals surface area contributed by atoms with Gasteiger partial charge in [0.1, 0.15) is 11.5 Å². The molecule has 0 aliphatic carbocycles. The summed E-state index contributed by atoms with van der Waals surface area (Å²) in [6.07, 6.45) is 0. The lowest BCUT2D eigenvalue weighted by molar-refractivity contribution is 0.214. The molecular formula is C18H22Br2NO5P. The van der Waals surface area contributed by atoms with Crippen molar-refractivity contribution in [1.82, 2.24) is 0 Å². The van der Waals surface area contributed by atoms with Gasteiger partial charge in [-0.1, -0.05) is 12.1 Å². The Hall–Kier alpha value is -1.05. The van der Waals surface area contributed by atoms with Gasteiger partial charge in [-0.25, -0.2) is 0 Å². The first-order valence-corrected chi connectivity index (χ1v) is 11.5. The molecule has 2 N–H and O–H groups in total. The molecule has 0 saturated carbocycles. The molecule has 27 heavy (non-hydrogen) atoms. The fraction of sp³-hybridized carbons (Fsp3) is 0.333. The van der Waals surface area contributed by atoms with Gasteiger partial charge >= 0.3 is 7.60 Å².